The van der Waals surface area contributed by atoms with E-state index in [9.17, 15) is 9.59 Å². The summed E-state index contributed by atoms with van der Waals surface area (Å²) in [4.78, 5) is 27.5. The molecule has 0 bridgehead atoms. The molecule has 1 atom stereocenters. The number of hydrogen-bond donors (Lipinski definition) is 2. The molecule has 1 unspecified atom stereocenters. The molecule has 2 amide bonds. The van der Waals surface area contributed by atoms with Crippen LogP contribution in [0.1, 0.15) is 12.5 Å². The minimum Gasteiger partial charge on any atom is -0.325 e. The molecule has 0 aliphatic heterocycles. The van der Waals surface area contributed by atoms with E-state index in [4.69, 9.17) is 0 Å². The Hall–Kier alpha value is -2.31. The summed E-state index contributed by atoms with van der Waals surface area (Å²) in [5, 5.41) is 5.80. The number of carbonyl (C=O) groups is 2. The number of likely N-dealkylation sites (N-methyl/N-ethyl adjacent to an activating group) is 1. The van der Waals surface area contributed by atoms with E-state index in [1.54, 1.807) is 30.6 Å². The van der Waals surface area contributed by atoms with Crippen molar-refractivity contribution >= 4 is 35.0 Å². The summed E-state index contributed by atoms with van der Waals surface area (Å²) in [7, 11) is 1.76. The zero-order chi connectivity index (χ0) is 19.1. The molecule has 0 aromatic heterocycles. The predicted molar refractivity (Wildman–Crippen MR) is 109 cm³/mol. The van der Waals surface area contributed by atoms with Crippen molar-refractivity contribution in [2.45, 2.75) is 24.8 Å². The summed E-state index contributed by atoms with van der Waals surface area (Å²) in [6.45, 7) is 3.89. The lowest BCUT2D eigenvalue weighted by molar-refractivity contribution is -0.122. The average molecular weight is 372 g/mol. The number of thioether (sulfide) groups is 1. The fourth-order valence-electron chi connectivity index (χ4n) is 2.47. The Kier molecular flexibility index (Phi) is 7.24. The van der Waals surface area contributed by atoms with Gasteiger partial charge in [-0.25, -0.2) is 0 Å². The van der Waals surface area contributed by atoms with Crippen LogP contribution in [0.5, 0.6) is 0 Å². The van der Waals surface area contributed by atoms with Crippen molar-refractivity contribution in [2.75, 3.05) is 30.5 Å². The van der Waals surface area contributed by atoms with Crippen molar-refractivity contribution in [3.8, 4) is 0 Å². The van der Waals surface area contributed by atoms with Gasteiger partial charge in [-0.2, -0.15) is 0 Å². The van der Waals surface area contributed by atoms with Crippen LogP contribution in [0.3, 0.4) is 0 Å². The maximum atomic E-state index is 12.4. The number of rotatable bonds is 7. The zero-order valence-electron chi connectivity index (χ0n) is 15.6. The van der Waals surface area contributed by atoms with Gasteiger partial charge >= 0.3 is 0 Å². The average Bonchev–Trinajstić information content (AvgIpc) is 2.61. The van der Waals surface area contributed by atoms with Crippen molar-refractivity contribution in [1.82, 2.24) is 4.90 Å². The van der Waals surface area contributed by atoms with Gasteiger partial charge in [-0.3, -0.25) is 14.5 Å². The van der Waals surface area contributed by atoms with Crippen LogP contribution in [0, 0.1) is 6.92 Å². The lowest BCUT2D eigenvalue weighted by Gasteiger charge is -2.23. The lowest BCUT2D eigenvalue weighted by atomic mass is 10.2. The third kappa shape index (κ3) is 5.61. The molecule has 26 heavy (non-hydrogen) atoms. The molecule has 0 saturated carbocycles. The van der Waals surface area contributed by atoms with Crippen molar-refractivity contribution in [3.63, 3.8) is 0 Å². The van der Waals surface area contributed by atoms with Crippen LogP contribution in [-0.4, -0.2) is 42.6 Å². The highest BCUT2D eigenvalue weighted by atomic mass is 32.2. The summed E-state index contributed by atoms with van der Waals surface area (Å²) in [5.74, 6) is -0.292. The van der Waals surface area contributed by atoms with E-state index >= 15 is 0 Å². The summed E-state index contributed by atoms with van der Waals surface area (Å²) in [6.07, 6.45) is 1.97. The van der Waals surface area contributed by atoms with Gasteiger partial charge in [-0.15, -0.1) is 11.8 Å². The van der Waals surface area contributed by atoms with Gasteiger partial charge in [-0.05, 0) is 57.0 Å². The number of aryl methyl sites for hydroxylation is 1. The van der Waals surface area contributed by atoms with Gasteiger partial charge < -0.3 is 10.6 Å². The minimum absolute atomic E-state index is 0.130. The number of para-hydroxylation sites is 1. The second-order valence-corrected chi connectivity index (χ2v) is 7.05. The van der Waals surface area contributed by atoms with Gasteiger partial charge in [0.25, 0.3) is 0 Å². The zero-order valence-corrected chi connectivity index (χ0v) is 16.4. The molecular weight excluding hydrogens is 346 g/mol. The van der Waals surface area contributed by atoms with Crippen LogP contribution in [0.4, 0.5) is 11.4 Å². The molecule has 0 spiro atoms. The Morgan fingerprint density at radius 2 is 1.85 bits per heavy atom. The maximum Gasteiger partial charge on any atom is 0.241 e. The highest BCUT2D eigenvalue weighted by Crippen LogP contribution is 2.24. The molecule has 0 fully saturated rings. The van der Waals surface area contributed by atoms with E-state index < -0.39 is 6.04 Å². The van der Waals surface area contributed by atoms with Crippen LogP contribution >= 0.6 is 11.8 Å². The Labute approximate surface area is 159 Å². The van der Waals surface area contributed by atoms with Crippen molar-refractivity contribution in [1.29, 1.82) is 0 Å². The summed E-state index contributed by atoms with van der Waals surface area (Å²) >= 11 is 1.58. The fraction of sp³-hybridized carbons (Fsp3) is 0.300. The molecule has 2 aromatic rings. The smallest absolute Gasteiger partial charge is 0.241 e. The van der Waals surface area contributed by atoms with Crippen molar-refractivity contribution in [2.24, 2.45) is 0 Å². The number of nitrogens with one attached hydrogen (secondary N) is 2. The summed E-state index contributed by atoms with van der Waals surface area (Å²) in [5.41, 5.74) is 2.62. The monoisotopic (exact) mass is 371 g/mol. The number of nitrogens with zero attached hydrogens (tertiary/aromatic N) is 1. The molecule has 0 saturated heterocycles. The molecule has 2 rings (SSSR count). The van der Waals surface area contributed by atoms with Gasteiger partial charge in [0.1, 0.15) is 0 Å². The first kappa shape index (κ1) is 20.0. The molecule has 2 aromatic carbocycles. The van der Waals surface area contributed by atoms with Gasteiger partial charge in [0.05, 0.1) is 18.3 Å². The molecular formula is C20H25N3O2S. The summed E-state index contributed by atoms with van der Waals surface area (Å²) in [6, 6.07) is 14.9. The van der Waals surface area contributed by atoms with Crippen LogP contribution < -0.4 is 10.6 Å². The van der Waals surface area contributed by atoms with Crippen molar-refractivity contribution in [3.05, 3.63) is 54.1 Å². The number of hydrogen-bond acceptors (Lipinski definition) is 4. The Morgan fingerprint density at radius 1 is 1.12 bits per heavy atom. The maximum absolute atomic E-state index is 12.4. The van der Waals surface area contributed by atoms with Crippen LogP contribution in [-0.2, 0) is 9.59 Å². The lowest BCUT2D eigenvalue weighted by Crippen LogP contribution is -2.43. The summed E-state index contributed by atoms with van der Waals surface area (Å²) < 4.78 is 0. The molecule has 6 heteroatoms. The minimum atomic E-state index is -0.433. The molecule has 0 aliphatic carbocycles. The fourth-order valence-corrected chi connectivity index (χ4v) is 3.02. The predicted octanol–water partition coefficient (Wildman–Crippen LogP) is 3.61. The second-order valence-electron chi connectivity index (χ2n) is 6.20. The van der Waals surface area contributed by atoms with E-state index in [2.05, 4.69) is 10.6 Å². The van der Waals surface area contributed by atoms with E-state index in [1.165, 1.54) is 0 Å². The first-order valence-corrected chi connectivity index (χ1v) is 9.64. The second kappa shape index (κ2) is 9.40. The largest absolute Gasteiger partial charge is 0.325 e. The van der Waals surface area contributed by atoms with Crippen molar-refractivity contribution < 1.29 is 9.59 Å². The normalized spacial score (nSPS) is 11.9. The van der Waals surface area contributed by atoms with Gasteiger partial charge in [0, 0.05) is 10.6 Å². The van der Waals surface area contributed by atoms with Gasteiger partial charge in [0.2, 0.25) is 11.8 Å². The number of amides is 2. The van der Waals surface area contributed by atoms with E-state index in [0.29, 0.717) is 0 Å². The molecule has 5 nitrogen and oxygen atoms in total. The molecule has 0 radical (unpaired) electrons. The standard InChI is InChI=1S/C20H25N3O2S/c1-14-8-7-9-16(12-14)21-20(25)15(2)23(3)13-19(24)22-17-10-5-6-11-18(17)26-4/h5-12,15H,13H2,1-4H3,(H,21,25)(H,22,24). The molecule has 0 aliphatic rings. The first-order valence-electron chi connectivity index (χ1n) is 8.41. The third-order valence-electron chi connectivity index (χ3n) is 4.10. The van der Waals surface area contributed by atoms with Gasteiger partial charge in [-0.1, -0.05) is 24.3 Å². The number of anilines is 2. The number of carbonyl (C=O) groups excluding carboxylic acids is 2. The SMILES string of the molecule is CSc1ccccc1NC(=O)CN(C)C(C)C(=O)Nc1cccc(C)c1. The van der Waals surface area contributed by atoms with E-state index in [1.807, 2.05) is 61.7 Å². The Morgan fingerprint density at radius 3 is 2.54 bits per heavy atom. The van der Waals surface area contributed by atoms with Crippen LogP contribution in [0.15, 0.2) is 53.4 Å². The van der Waals surface area contributed by atoms with E-state index in [0.717, 1.165) is 21.8 Å². The number of benzene rings is 2. The third-order valence-corrected chi connectivity index (χ3v) is 4.90. The molecule has 0 heterocycles. The van der Waals surface area contributed by atoms with Crippen LogP contribution in [0.25, 0.3) is 0 Å². The highest BCUT2D eigenvalue weighted by molar-refractivity contribution is 7.98. The quantitative estimate of drug-likeness (QED) is 0.730. The Balaban J connectivity index is 1.92. The van der Waals surface area contributed by atoms with Crippen LogP contribution in [0.2, 0.25) is 0 Å². The first-order chi connectivity index (χ1) is 12.4. The highest BCUT2D eigenvalue weighted by Gasteiger charge is 2.20. The topological polar surface area (TPSA) is 61.4 Å². The molecule has 138 valence electrons. The molecule has 2 N–H and O–H groups in total. The Bertz CT molecular complexity index is 779. The van der Waals surface area contributed by atoms with Gasteiger partial charge in [0.15, 0.2) is 0 Å². The van der Waals surface area contributed by atoms with E-state index in [-0.39, 0.29) is 18.4 Å².